The average molecular weight is 284 g/mol. The molecule has 22 heavy (non-hydrogen) atoms. The molecule has 0 bridgehead atoms. The van der Waals surface area contributed by atoms with E-state index in [1.165, 1.54) is 21.9 Å². The van der Waals surface area contributed by atoms with Crippen molar-refractivity contribution >= 4 is 22.6 Å². The SMILES string of the molecule is O=CC1=C(c2ccc3ccccc3c2)c2ccccc2CC1. The molecule has 0 aliphatic heterocycles. The summed E-state index contributed by atoms with van der Waals surface area (Å²) in [7, 11) is 0. The van der Waals surface area contributed by atoms with Crippen molar-refractivity contribution in [2.75, 3.05) is 0 Å². The largest absolute Gasteiger partial charge is 0.298 e. The first-order valence-corrected chi connectivity index (χ1v) is 7.62. The van der Waals surface area contributed by atoms with E-state index in [9.17, 15) is 4.79 Å². The van der Waals surface area contributed by atoms with Crippen LogP contribution >= 0.6 is 0 Å². The number of aryl methyl sites for hydroxylation is 1. The van der Waals surface area contributed by atoms with Gasteiger partial charge in [0, 0.05) is 5.57 Å². The van der Waals surface area contributed by atoms with Crippen molar-refractivity contribution in [2.24, 2.45) is 0 Å². The summed E-state index contributed by atoms with van der Waals surface area (Å²) < 4.78 is 0. The van der Waals surface area contributed by atoms with Gasteiger partial charge in [-0.3, -0.25) is 4.79 Å². The van der Waals surface area contributed by atoms with Crippen LogP contribution in [0.4, 0.5) is 0 Å². The fraction of sp³-hybridized carbons (Fsp3) is 0.0952. The molecule has 3 aromatic carbocycles. The van der Waals surface area contributed by atoms with E-state index >= 15 is 0 Å². The van der Waals surface area contributed by atoms with Crippen molar-refractivity contribution in [2.45, 2.75) is 12.8 Å². The number of carbonyl (C=O) groups excluding carboxylic acids is 1. The predicted octanol–water partition coefficient (Wildman–Crippen LogP) is 4.79. The lowest BCUT2D eigenvalue weighted by atomic mass is 9.82. The molecule has 0 unspecified atom stereocenters. The Labute approximate surface area is 129 Å². The number of carbonyl (C=O) groups is 1. The van der Waals surface area contributed by atoms with Gasteiger partial charge in [-0.25, -0.2) is 0 Å². The first-order valence-electron chi connectivity index (χ1n) is 7.62. The topological polar surface area (TPSA) is 17.1 Å². The molecule has 1 aliphatic carbocycles. The standard InChI is InChI=1S/C21H16O/c22-14-19-12-10-16-6-3-4-8-20(16)21(19)18-11-9-15-5-1-2-7-17(15)13-18/h1-9,11,13-14H,10,12H2. The highest BCUT2D eigenvalue weighted by Gasteiger charge is 2.19. The van der Waals surface area contributed by atoms with E-state index < -0.39 is 0 Å². The van der Waals surface area contributed by atoms with Crippen molar-refractivity contribution < 1.29 is 4.79 Å². The lowest BCUT2D eigenvalue weighted by Gasteiger charge is -2.21. The maximum Gasteiger partial charge on any atom is 0.146 e. The normalized spacial score (nSPS) is 14.0. The van der Waals surface area contributed by atoms with Gasteiger partial charge in [-0.05, 0) is 51.9 Å². The zero-order chi connectivity index (χ0) is 14.9. The van der Waals surface area contributed by atoms with E-state index in [0.29, 0.717) is 0 Å². The summed E-state index contributed by atoms with van der Waals surface area (Å²) in [5, 5.41) is 2.43. The summed E-state index contributed by atoms with van der Waals surface area (Å²) in [5.74, 6) is 0. The Kier molecular flexibility index (Phi) is 3.12. The maximum atomic E-state index is 11.6. The van der Waals surface area contributed by atoms with Gasteiger partial charge in [0.25, 0.3) is 0 Å². The van der Waals surface area contributed by atoms with Gasteiger partial charge in [0.1, 0.15) is 6.29 Å². The van der Waals surface area contributed by atoms with Gasteiger partial charge in [-0.1, -0.05) is 60.7 Å². The molecule has 0 spiro atoms. The molecule has 106 valence electrons. The molecule has 0 heterocycles. The highest BCUT2D eigenvalue weighted by molar-refractivity contribution is 5.98. The van der Waals surface area contributed by atoms with Crippen LogP contribution < -0.4 is 0 Å². The summed E-state index contributed by atoms with van der Waals surface area (Å²) in [4.78, 5) is 11.6. The Morgan fingerprint density at radius 3 is 2.41 bits per heavy atom. The molecule has 0 saturated carbocycles. The zero-order valence-corrected chi connectivity index (χ0v) is 12.3. The van der Waals surface area contributed by atoms with Crippen LogP contribution in [0.25, 0.3) is 16.3 Å². The van der Waals surface area contributed by atoms with Gasteiger partial charge in [-0.2, -0.15) is 0 Å². The van der Waals surface area contributed by atoms with Crippen LogP contribution in [-0.2, 0) is 11.2 Å². The summed E-state index contributed by atoms with van der Waals surface area (Å²) in [6.07, 6.45) is 2.80. The molecule has 0 amide bonds. The number of aldehydes is 1. The number of allylic oxidation sites excluding steroid dienone is 1. The number of hydrogen-bond acceptors (Lipinski definition) is 1. The maximum absolute atomic E-state index is 11.6. The molecule has 0 aromatic heterocycles. The van der Waals surface area contributed by atoms with Crippen LogP contribution in [0.5, 0.6) is 0 Å². The van der Waals surface area contributed by atoms with Crippen LogP contribution in [0, 0.1) is 0 Å². The molecule has 3 aromatic rings. The molecule has 0 atom stereocenters. The number of rotatable bonds is 2. The van der Waals surface area contributed by atoms with E-state index in [0.717, 1.165) is 35.8 Å². The summed E-state index contributed by atoms with van der Waals surface area (Å²) in [6, 6.07) is 23.2. The Morgan fingerprint density at radius 1 is 0.773 bits per heavy atom. The van der Waals surface area contributed by atoms with Gasteiger partial charge in [0.15, 0.2) is 0 Å². The van der Waals surface area contributed by atoms with E-state index in [-0.39, 0.29) is 0 Å². The van der Waals surface area contributed by atoms with E-state index in [2.05, 4.69) is 54.6 Å². The number of fused-ring (bicyclic) bond motifs is 2. The summed E-state index contributed by atoms with van der Waals surface area (Å²) >= 11 is 0. The third kappa shape index (κ3) is 2.06. The van der Waals surface area contributed by atoms with Gasteiger partial charge in [0.05, 0.1) is 0 Å². The molecule has 1 heteroatoms. The first-order chi connectivity index (χ1) is 10.9. The van der Waals surface area contributed by atoms with Crippen molar-refractivity contribution in [3.63, 3.8) is 0 Å². The van der Waals surface area contributed by atoms with Gasteiger partial charge < -0.3 is 0 Å². The number of hydrogen-bond donors (Lipinski definition) is 0. The summed E-state index contributed by atoms with van der Waals surface area (Å²) in [6.45, 7) is 0. The molecule has 0 saturated heterocycles. The molecule has 1 aliphatic rings. The second-order valence-corrected chi connectivity index (χ2v) is 5.74. The fourth-order valence-corrected chi connectivity index (χ4v) is 3.35. The number of benzene rings is 3. The third-order valence-corrected chi connectivity index (χ3v) is 4.45. The molecule has 4 rings (SSSR count). The van der Waals surface area contributed by atoms with Gasteiger partial charge in [0.2, 0.25) is 0 Å². The van der Waals surface area contributed by atoms with Crippen molar-refractivity contribution in [1.29, 1.82) is 0 Å². The van der Waals surface area contributed by atoms with Crippen LogP contribution in [0.1, 0.15) is 23.1 Å². The minimum atomic E-state index is 0.822. The van der Waals surface area contributed by atoms with Crippen LogP contribution in [0.2, 0.25) is 0 Å². The lowest BCUT2D eigenvalue weighted by Crippen LogP contribution is -2.07. The third-order valence-electron chi connectivity index (χ3n) is 4.45. The Bertz CT molecular complexity index is 902. The second kappa shape index (κ2) is 5.27. The monoisotopic (exact) mass is 284 g/mol. The molecular formula is C21H16O. The highest BCUT2D eigenvalue weighted by atomic mass is 16.1. The second-order valence-electron chi connectivity index (χ2n) is 5.74. The van der Waals surface area contributed by atoms with Crippen molar-refractivity contribution in [3.05, 3.63) is 89.0 Å². The van der Waals surface area contributed by atoms with Crippen LogP contribution in [0.3, 0.4) is 0 Å². The summed E-state index contributed by atoms with van der Waals surface area (Å²) in [5.41, 5.74) is 5.67. The molecule has 0 N–H and O–H groups in total. The van der Waals surface area contributed by atoms with Crippen LogP contribution in [0.15, 0.2) is 72.3 Å². The van der Waals surface area contributed by atoms with Crippen molar-refractivity contribution in [3.8, 4) is 0 Å². The molecule has 1 nitrogen and oxygen atoms in total. The Morgan fingerprint density at radius 2 is 1.55 bits per heavy atom. The zero-order valence-electron chi connectivity index (χ0n) is 12.3. The highest BCUT2D eigenvalue weighted by Crippen LogP contribution is 2.36. The molecule has 0 radical (unpaired) electrons. The van der Waals surface area contributed by atoms with E-state index in [1.807, 2.05) is 12.1 Å². The van der Waals surface area contributed by atoms with E-state index in [1.54, 1.807) is 0 Å². The first kappa shape index (κ1) is 13.0. The minimum absolute atomic E-state index is 0.822. The van der Waals surface area contributed by atoms with Crippen LogP contribution in [-0.4, -0.2) is 6.29 Å². The lowest BCUT2D eigenvalue weighted by molar-refractivity contribution is -0.105. The fourth-order valence-electron chi connectivity index (χ4n) is 3.35. The Balaban J connectivity index is 1.97. The molecular weight excluding hydrogens is 268 g/mol. The van der Waals surface area contributed by atoms with E-state index in [4.69, 9.17) is 0 Å². The smallest absolute Gasteiger partial charge is 0.146 e. The van der Waals surface area contributed by atoms with Gasteiger partial charge >= 0.3 is 0 Å². The Hall–Kier alpha value is -2.67. The van der Waals surface area contributed by atoms with Crippen molar-refractivity contribution in [1.82, 2.24) is 0 Å². The average Bonchev–Trinajstić information content (AvgIpc) is 2.60. The quantitative estimate of drug-likeness (QED) is 0.618. The molecule has 0 fully saturated rings. The predicted molar refractivity (Wildman–Crippen MR) is 90.8 cm³/mol. The minimum Gasteiger partial charge on any atom is -0.298 e. The van der Waals surface area contributed by atoms with Gasteiger partial charge in [-0.15, -0.1) is 0 Å².